The number of amides is 1. The van der Waals surface area contributed by atoms with Gasteiger partial charge >= 0.3 is 0 Å². The number of rotatable bonds is 5. The van der Waals surface area contributed by atoms with E-state index in [2.05, 4.69) is 21.0 Å². The molecule has 0 radical (unpaired) electrons. The molecular weight excluding hydrogens is 390 g/mol. The number of carbonyl (C=O) groups excluding carboxylic acids is 1. The van der Waals surface area contributed by atoms with Crippen molar-refractivity contribution in [1.82, 2.24) is 24.4 Å². The number of H-pyrrole nitrogens is 1. The van der Waals surface area contributed by atoms with Gasteiger partial charge in [-0.1, -0.05) is 18.2 Å². The van der Waals surface area contributed by atoms with Crippen LogP contribution in [0.4, 0.5) is 0 Å². The van der Waals surface area contributed by atoms with Crippen molar-refractivity contribution in [1.29, 1.82) is 0 Å². The fourth-order valence-electron chi connectivity index (χ4n) is 4.32. The average Bonchev–Trinajstić information content (AvgIpc) is 3.53. The van der Waals surface area contributed by atoms with Crippen LogP contribution >= 0.6 is 0 Å². The lowest BCUT2D eigenvalue weighted by Gasteiger charge is -2.23. The molecule has 7 nitrogen and oxygen atoms in total. The zero-order valence-corrected chi connectivity index (χ0v) is 17.7. The molecule has 1 atom stereocenters. The number of likely N-dealkylation sites (tertiary alicyclic amines) is 1. The molecule has 1 aliphatic heterocycles. The largest absolute Gasteiger partial charge is 0.497 e. The quantitative estimate of drug-likeness (QED) is 0.532. The molecule has 0 spiro atoms. The first-order valence-corrected chi connectivity index (χ1v) is 10.5. The Morgan fingerprint density at radius 2 is 2.13 bits per heavy atom. The third kappa shape index (κ3) is 3.67. The Hall–Kier alpha value is -3.61. The normalized spacial score (nSPS) is 16.2. The minimum absolute atomic E-state index is 0.0385. The smallest absolute Gasteiger partial charge is 0.243 e. The van der Waals surface area contributed by atoms with E-state index in [-0.39, 0.29) is 18.5 Å². The van der Waals surface area contributed by atoms with E-state index in [0.29, 0.717) is 0 Å². The van der Waals surface area contributed by atoms with Crippen molar-refractivity contribution in [3.8, 4) is 17.0 Å². The first-order chi connectivity index (χ1) is 15.1. The van der Waals surface area contributed by atoms with Crippen molar-refractivity contribution in [3.63, 3.8) is 0 Å². The summed E-state index contributed by atoms with van der Waals surface area (Å²) in [6, 6.07) is 13.9. The predicted molar refractivity (Wildman–Crippen MR) is 119 cm³/mol. The summed E-state index contributed by atoms with van der Waals surface area (Å²) >= 11 is 0. The molecule has 5 rings (SSSR count). The molecule has 0 bridgehead atoms. The summed E-state index contributed by atoms with van der Waals surface area (Å²) in [5.41, 5.74) is 4.98. The lowest BCUT2D eigenvalue weighted by molar-refractivity contribution is -0.132. The SMILES string of the molecule is COc1cccc(-c2cnc(C3CCCN3C(=O)Cn3cnc4ccc(C)cc43)[nH]2)c1. The minimum Gasteiger partial charge on any atom is -0.497 e. The Morgan fingerprint density at radius 1 is 1.23 bits per heavy atom. The molecule has 158 valence electrons. The maximum Gasteiger partial charge on any atom is 0.243 e. The van der Waals surface area contributed by atoms with E-state index >= 15 is 0 Å². The summed E-state index contributed by atoms with van der Waals surface area (Å²) in [7, 11) is 1.66. The fraction of sp³-hybridized carbons (Fsp3) is 0.292. The molecule has 4 aromatic rings. The molecule has 0 saturated carbocycles. The number of carbonyl (C=O) groups is 1. The highest BCUT2D eigenvalue weighted by Gasteiger charge is 2.32. The zero-order valence-electron chi connectivity index (χ0n) is 17.7. The molecule has 0 aliphatic carbocycles. The molecule has 1 fully saturated rings. The molecule has 1 N–H and O–H groups in total. The molecule has 2 aromatic heterocycles. The van der Waals surface area contributed by atoms with Crippen LogP contribution in [0.25, 0.3) is 22.3 Å². The van der Waals surface area contributed by atoms with Gasteiger partial charge in [-0.3, -0.25) is 4.79 Å². The van der Waals surface area contributed by atoms with Crippen LogP contribution < -0.4 is 4.74 Å². The van der Waals surface area contributed by atoms with E-state index in [1.54, 1.807) is 13.4 Å². The number of aryl methyl sites for hydroxylation is 1. The molecule has 2 aromatic carbocycles. The second-order valence-corrected chi connectivity index (χ2v) is 8.02. The van der Waals surface area contributed by atoms with Gasteiger partial charge in [-0.25, -0.2) is 9.97 Å². The van der Waals surface area contributed by atoms with Gasteiger partial charge in [-0.15, -0.1) is 0 Å². The van der Waals surface area contributed by atoms with Crippen LogP contribution in [0.3, 0.4) is 0 Å². The van der Waals surface area contributed by atoms with Crippen LogP contribution in [0, 0.1) is 6.92 Å². The highest BCUT2D eigenvalue weighted by atomic mass is 16.5. The fourth-order valence-corrected chi connectivity index (χ4v) is 4.32. The van der Waals surface area contributed by atoms with Gasteiger partial charge in [0.25, 0.3) is 0 Å². The number of methoxy groups -OCH3 is 1. The lowest BCUT2D eigenvalue weighted by Crippen LogP contribution is -2.33. The number of fused-ring (bicyclic) bond motifs is 1. The highest BCUT2D eigenvalue weighted by Crippen LogP contribution is 2.32. The molecular formula is C24H25N5O2. The Morgan fingerprint density at radius 3 is 3.00 bits per heavy atom. The van der Waals surface area contributed by atoms with Gasteiger partial charge in [0, 0.05) is 12.1 Å². The van der Waals surface area contributed by atoms with Crippen LogP contribution in [-0.2, 0) is 11.3 Å². The summed E-state index contributed by atoms with van der Waals surface area (Å²) in [5, 5.41) is 0. The second kappa shape index (κ2) is 7.91. The van der Waals surface area contributed by atoms with Gasteiger partial charge in [-0.05, 0) is 49.6 Å². The standard InChI is InChI=1S/C24H25N5O2/c1-16-8-9-19-22(11-16)28(15-26-19)14-23(30)29-10-4-7-21(29)24-25-13-20(27-24)17-5-3-6-18(12-17)31-2/h3,5-6,8-9,11-13,15,21H,4,7,10,14H2,1-2H3,(H,25,27). The number of benzene rings is 2. The molecule has 3 heterocycles. The van der Waals surface area contributed by atoms with Crippen molar-refractivity contribution in [3.05, 3.63) is 66.4 Å². The number of imidazole rings is 2. The van der Waals surface area contributed by atoms with E-state index in [4.69, 9.17) is 4.74 Å². The summed E-state index contributed by atoms with van der Waals surface area (Å²) in [4.78, 5) is 27.6. The number of nitrogens with zero attached hydrogens (tertiary/aromatic N) is 4. The molecule has 31 heavy (non-hydrogen) atoms. The third-order valence-electron chi connectivity index (χ3n) is 5.95. The van der Waals surface area contributed by atoms with Crippen LogP contribution in [0.2, 0.25) is 0 Å². The monoisotopic (exact) mass is 415 g/mol. The first-order valence-electron chi connectivity index (χ1n) is 10.5. The van der Waals surface area contributed by atoms with Crippen molar-refractivity contribution < 1.29 is 9.53 Å². The second-order valence-electron chi connectivity index (χ2n) is 8.02. The van der Waals surface area contributed by atoms with Crippen molar-refractivity contribution >= 4 is 16.9 Å². The molecule has 1 saturated heterocycles. The molecule has 1 amide bonds. The van der Waals surface area contributed by atoms with Crippen LogP contribution in [0.15, 0.2) is 55.0 Å². The third-order valence-corrected chi connectivity index (χ3v) is 5.95. The van der Waals surface area contributed by atoms with Crippen LogP contribution in [0.1, 0.15) is 30.3 Å². The maximum atomic E-state index is 13.2. The number of hydrogen-bond acceptors (Lipinski definition) is 4. The van der Waals surface area contributed by atoms with E-state index in [1.807, 2.05) is 59.0 Å². The lowest BCUT2D eigenvalue weighted by atomic mass is 10.1. The average molecular weight is 415 g/mol. The van der Waals surface area contributed by atoms with Gasteiger partial charge in [0.1, 0.15) is 18.1 Å². The zero-order chi connectivity index (χ0) is 21.4. The number of hydrogen-bond donors (Lipinski definition) is 1. The summed E-state index contributed by atoms with van der Waals surface area (Å²) in [5.74, 6) is 1.71. The van der Waals surface area contributed by atoms with E-state index in [1.165, 1.54) is 0 Å². The van der Waals surface area contributed by atoms with Gasteiger partial charge in [-0.2, -0.15) is 0 Å². The highest BCUT2D eigenvalue weighted by molar-refractivity contribution is 5.81. The predicted octanol–water partition coefficient (Wildman–Crippen LogP) is 4.11. The number of nitrogens with one attached hydrogen (secondary N) is 1. The molecule has 7 heteroatoms. The van der Waals surface area contributed by atoms with E-state index in [9.17, 15) is 4.79 Å². The van der Waals surface area contributed by atoms with Crippen molar-refractivity contribution in [2.45, 2.75) is 32.4 Å². The number of aromatic amines is 1. The number of ether oxygens (including phenoxy) is 1. The minimum atomic E-state index is -0.0385. The van der Waals surface area contributed by atoms with E-state index < -0.39 is 0 Å². The van der Waals surface area contributed by atoms with Gasteiger partial charge in [0.05, 0.1) is 42.4 Å². The van der Waals surface area contributed by atoms with Crippen molar-refractivity contribution in [2.75, 3.05) is 13.7 Å². The number of aromatic nitrogens is 4. The van der Waals surface area contributed by atoms with Crippen molar-refractivity contribution in [2.24, 2.45) is 0 Å². The van der Waals surface area contributed by atoms with Gasteiger partial charge in [0.15, 0.2) is 0 Å². The van der Waals surface area contributed by atoms with Crippen LogP contribution in [0.5, 0.6) is 5.75 Å². The Kier molecular flexibility index (Phi) is 4.94. The van der Waals surface area contributed by atoms with Crippen LogP contribution in [-0.4, -0.2) is 44.0 Å². The summed E-state index contributed by atoms with van der Waals surface area (Å²) in [6.45, 7) is 3.07. The summed E-state index contributed by atoms with van der Waals surface area (Å²) < 4.78 is 7.26. The van der Waals surface area contributed by atoms with E-state index in [0.717, 1.165) is 58.8 Å². The summed E-state index contributed by atoms with van der Waals surface area (Å²) in [6.07, 6.45) is 5.45. The molecule has 1 aliphatic rings. The Labute approximate surface area is 180 Å². The maximum absolute atomic E-state index is 13.2. The topological polar surface area (TPSA) is 76.0 Å². The van der Waals surface area contributed by atoms with Gasteiger partial charge < -0.3 is 19.2 Å². The Bertz CT molecular complexity index is 1240. The Balaban J connectivity index is 1.36. The van der Waals surface area contributed by atoms with Gasteiger partial charge in [0.2, 0.25) is 5.91 Å². The first kappa shape index (κ1) is 19.4. The molecule has 1 unspecified atom stereocenters.